The zero-order valence-corrected chi connectivity index (χ0v) is 7.72. The molecule has 0 aliphatic carbocycles. The van der Waals surface area contributed by atoms with Crippen LogP contribution in [0.3, 0.4) is 0 Å². The van der Waals surface area contributed by atoms with Gasteiger partial charge in [0.1, 0.15) is 0 Å². The number of hydrogen-bond acceptors (Lipinski definition) is 0. The van der Waals surface area contributed by atoms with Crippen LogP contribution in [0.4, 0.5) is 0 Å². The lowest BCUT2D eigenvalue weighted by Crippen LogP contribution is -1.47. The van der Waals surface area contributed by atoms with Crippen LogP contribution in [0, 0.1) is 0 Å². The summed E-state index contributed by atoms with van der Waals surface area (Å²) in [5.41, 5.74) is 0. The number of benzene rings is 1. The molecule has 0 saturated heterocycles. The summed E-state index contributed by atoms with van der Waals surface area (Å²) in [6, 6.07) is 12.0. The first-order valence-corrected chi connectivity index (χ1v) is 2.00. The summed E-state index contributed by atoms with van der Waals surface area (Å²) in [4.78, 5) is 0. The zero-order valence-electron chi connectivity index (χ0n) is 5.27. The van der Waals surface area contributed by atoms with Crippen molar-refractivity contribution in [1.82, 2.24) is 0 Å². The normalized spacial score (nSPS) is 4.80. The van der Waals surface area contributed by atoms with Crippen LogP contribution in [0.25, 0.3) is 0 Å². The molecule has 1 rings (SSSR count). The Kier molecular flexibility index (Phi) is 36.1. The Balaban J connectivity index is -0.0000000450. The highest BCUT2D eigenvalue weighted by Crippen LogP contribution is 1.79. The molecule has 0 N–H and O–H groups in total. The van der Waals surface area contributed by atoms with E-state index in [4.69, 9.17) is 0 Å². The zero-order chi connectivity index (χ0) is 4.24. The molecular weight excluding hydrogens is 189 g/mol. The van der Waals surface area contributed by atoms with E-state index in [1.807, 2.05) is 36.4 Å². The summed E-state index contributed by atoms with van der Waals surface area (Å²) in [6.45, 7) is 0. The topological polar surface area (TPSA) is 0 Å². The van der Waals surface area contributed by atoms with Gasteiger partial charge in [-0.1, -0.05) is 36.4 Å². The highest BCUT2D eigenvalue weighted by molar-refractivity contribution is 5.86. The summed E-state index contributed by atoms with van der Waals surface area (Å²) >= 11 is 0. The van der Waals surface area contributed by atoms with Gasteiger partial charge in [-0.15, -0.1) is 37.2 Å². The van der Waals surface area contributed by atoms with E-state index < -0.39 is 0 Å². The molecule has 57 valence electrons. The van der Waals surface area contributed by atoms with Crippen molar-refractivity contribution in [3.05, 3.63) is 36.4 Å². The summed E-state index contributed by atoms with van der Waals surface area (Å²) in [5, 5.41) is 0. The third kappa shape index (κ3) is 11.0. The maximum absolute atomic E-state index is 2.00. The van der Waals surface area contributed by atoms with Gasteiger partial charge in [-0.25, -0.2) is 0 Å². The van der Waals surface area contributed by atoms with Crippen molar-refractivity contribution < 1.29 is 0 Å². The van der Waals surface area contributed by atoms with Gasteiger partial charge in [-0.05, 0) is 0 Å². The van der Waals surface area contributed by atoms with Crippen LogP contribution >= 0.6 is 37.2 Å². The molecule has 0 aliphatic rings. The summed E-state index contributed by atoms with van der Waals surface area (Å²) < 4.78 is 0. The second-order valence-corrected chi connectivity index (χ2v) is 1.15. The third-order valence-corrected chi connectivity index (χ3v) is 0.667. The average molecular weight is 198 g/mol. The monoisotopic (exact) mass is 197 g/mol. The van der Waals surface area contributed by atoms with E-state index in [2.05, 4.69) is 0 Å². The third-order valence-electron chi connectivity index (χ3n) is 0.667. The molecule has 0 spiro atoms. The molecule has 0 nitrogen and oxygen atoms in total. The van der Waals surface area contributed by atoms with E-state index in [1.54, 1.807) is 0 Å². The van der Waals surface area contributed by atoms with Gasteiger partial charge in [-0.2, -0.15) is 0 Å². The van der Waals surface area contributed by atoms with Gasteiger partial charge in [0.05, 0.1) is 0 Å². The first-order valence-electron chi connectivity index (χ1n) is 2.00. The SMILES string of the molecule is Cl.Cl.Cl.[B].c1ccccc1. The molecular formula is C6H9BCl3. The first-order chi connectivity index (χ1) is 3.00. The molecule has 4 heteroatoms. The molecule has 3 radical (unpaired) electrons. The molecule has 1 aromatic rings. The number of rotatable bonds is 0. The molecule has 0 unspecified atom stereocenters. The Morgan fingerprint density at radius 3 is 0.600 bits per heavy atom. The highest BCUT2D eigenvalue weighted by Gasteiger charge is 1.57. The Hall–Kier alpha value is 0.155. The van der Waals surface area contributed by atoms with Crippen LogP contribution in [0.5, 0.6) is 0 Å². The van der Waals surface area contributed by atoms with Crippen LogP contribution in [0.15, 0.2) is 36.4 Å². The van der Waals surface area contributed by atoms with Crippen LogP contribution < -0.4 is 0 Å². The van der Waals surface area contributed by atoms with E-state index >= 15 is 0 Å². The molecule has 0 fully saturated rings. The Morgan fingerprint density at radius 1 is 0.400 bits per heavy atom. The lowest BCUT2D eigenvalue weighted by Gasteiger charge is -1.69. The number of hydrogen-bond donors (Lipinski definition) is 0. The van der Waals surface area contributed by atoms with Crippen molar-refractivity contribution >= 4 is 45.6 Å². The van der Waals surface area contributed by atoms with E-state index in [0.29, 0.717) is 0 Å². The molecule has 0 saturated carbocycles. The maximum Gasteiger partial charge on any atom is 0 e. The second kappa shape index (κ2) is 16.1. The van der Waals surface area contributed by atoms with Crippen LogP contribution in [-0.2, 0) is 0 Å². The van der Waals surface area contributed by atoms with E-state index in [1.165, 1.54) is 0 Å². The van der Waals surface area contributed by atoms with Gasteiger partial charge in [0.2, 0.25) is 0 Å². The second-order valence-electron chi connectivity index (χ2n) is 1.15. The van der Waals surface area contributed by atoms with Crippen LogP contribution in [0.1, 0.15) is 0 Å². The molecule has 0 amide bonds. The van der Waals surface area contributed by atoms with Gasteiger partial charge in [0.25, 0.3) is 0 Å². The molecule has 0 aromatic heterocycles. The minimum Gasteiger partial charge on any atom is -0.147 e. The van der Waals surface area contributed by atoms with Crippen molar-refractivity contribution in [3.8, 4) is 0 Å². The average Bonchev–Trinajstić information content (AvgIpc) is 1.72. The van der Waals surface area contributed by atoms with Gasteiger partial charge < -0.3 is 0 Å². The Morgan fingerprint density at radius 2 is 0.500 bits per heavy atom. The van der Waals surface area contributed by atoms with Gasteiger partial charge >= 0.3 is 0 Å². The molecule has 10 heavy (non-hydrogen) atoms. The van der Waals surface area contributed by atoms with Gasteiger partial charge in [0, 0.05) is 8.41 Å². The highest BCUT2D eigenvalue weighted by atomic mass is 35.5. The van der Waals surface area contributed by atoms with Crippen molar-refractivity contribution in [2.75, 3.05) is 0 Å². The Bertz CT molecular complexity index is 84.9. The van der Waals surface area contributed by atoms with Crippen molar-refractivity contribution in [2.24, 2.45) is 0 Å². The van der Waals surface area contributed by atoms with E-state index in [9.17, 15) is 0 Å². The maximum atomic E-state index is 2.00. The van der Waals surface area contributed by atoms with Crippen LogP contribution in [-0.4, -0.2) is 8.41 Å². The smallest absolute Gasteiger partial charge is 0 e. The lowest BCUT2D eigenvalue weighted by molar-refractivity contribution is 1.72. The fourth-order valence-corrected chi connectivity index (χ4v) is 0.385. The first kappa shape index (κ1) is 22.5. The Labute approximate surface area is 82.2 Å². The lowest BCUT2D eigenvalue weighted by atomic mass is 10.4. The largest absolute Gasteiger partial charge is 0.147 e. The molecule has 0 bridgehead atoms. The van der Waals surface area contributed by atoms with E-state index in [-0.39, 0.29) is 45.6 Å². The van der Waals surface area contributed by atoms with Crippen molar-refractivity contribution in [2.45, 2.75) is 0 Å². The predicted molar refractivity (Wildman–Crippen MR) is 53.9 cm³/mol. The van der Waals surface area contributed by atoms with Gasteiger partial charge in [-0.3, -0.25) is 0 Å². The van der Waals surface area contributed by atoms with Gasteiger partial charge in [0.15, 0.2) is 0 Å². The minimum absolute atomic E-state index is 0. The standard InChI is InChI=1S/C6H6.B.3ClH/c1-2-4-6-5-3-1;;;;/h1-6H;;3*1H. The molecule has 0 atom stereocenters. The molecule has 0 aliphatic heterocycles. The summed E-state index contributed by atoms with van der Waals surface area (Å²) in [7, 11) is 0. The molecule has 1 aromatic carbocycles. The number of halogens is 3. The molecule has 0 heterocycles. The summed E-state index contributed by atoms with van der Waals surface area (Å²) in [5.74, 6) is 0. The fraction of sp³-hybridized carbons (Fsp3) is 0. The quantitative estimate of drug-likeness (QED) is 0.562. The minimum atomic E-state index is 0. The summed E-state index contributed by atoms with van der Waals surface area (Å²) in [6.07, 6.45) is 0. The van der Waals surface area contributed by atoms with Crippen molar-refractivity contribution in [3.63, 3.8) is 0 Å². The van der Waals surface area contributed by atoms with E-state index in [0.717, 1.165) is 0 Å². The fourth-order valence-electron chi connectivity index (χ4n) is 0.385. The van der Waals surface area contributed by atoms with Crippen LogP contribution in [0.2, 0.25) is 0 Å². The van der Waals surface area contributed by atoms with Crippen molar-refractivity contribution in [1.29, 1.82) is 0 Å². The predicted octanol–water partition coefficient (Wildman–Crippen LogP) is 2.57.